The average Bonchev–Trinajstić information content (AvgIpc) is 2.35. The number of amides is 2. The van der Waals surface area contributed by atoms with Crippen molar-refractivity contribution in [2.45, 2.75) is 39.7 Å². The molecule has 0 radical (unpaired) electrons. The summed E-state index contributed by atoms with van der Waals surface area (Å²) in [7, 11) is 0. The fourth-order valence-corrected chi connectivity index (χ4v) is 1.93. The molecule has 0 aromatic heterocycles. The van der Waals surface area contributed by atoms with E-state index in [-0.39, 0.29) is 11.8 Å². The number of carbonyl (C=O) groups excluding carboxylic acids is 1. The summed E-state index contributed by atoms with van der Waals surface area (Å²) in [5.74, 6) is -0.947. The largest absolute Gasteiger partial charge is 0.480 e. The number of anilines is 1. The van der Waals surface area contributed by atoms with Gasteiger partial charge in [0.15, 0.2) is 0 Å². The minimum atomic E-state index is -1.03. The van der Waals surface area contributed by atoms with Crippen molar-refractivity contribution < 1.29 is 14.7 Å². The Morgan fingerprint density at radius 3 is 2.20 bits per heavy atom. The maximum Gasteiger partial charge on any atom is 0.326 e. The molecule has 20 heavy (non-hydrogen) atoms. The molecule has 0 saturated carbocycles. The van der Waals surface area contributed by atoms with Crippen LogP contribution in [0.4, 0.5) is 10.5 Å². The summed E-state index contributed by atoms with van der Waals surface area (Å²) in [5.41, 5.74) is 1.71. The topological polar surface area (TPSA) is 78.4 Å². The van der Waals surface area contributed by atoms with Crippen LogP contribution in [0.1, 0.15) is 39.2 Å². The first kappa shape index (κ1) is 16.0. The van der Waals surface area contributed by atoms with E-state index in [4.69, 9.17) is 5.11 Å². The molecule has 0 aliphatic heterocycles. The Hall–Kier alpha value is -2.04. The van der Waals surface area contributed by atoms with Crippen LogP contribution in [0.15, 0.2) is 24.3 Å². The molecule has 1 aromatic carbocycles. The smallest absolute Gasteiger partial charge is 0.326 e. The van der Waals surface area contributed by atoms with Gasteiger partial charge in [0.25, 0.3) is 0 Å². The summed E-state index contributed by atoms with van der Waals surface area (Å²) in [6, 6.07) is 6.09. The van der Waals surface area contributed by atoms with Crippen molar-refractivity contribution in [2.75, 3.05) is 5.32 Å². The molecule has 110 valence electrons. The third-order valence-electron chi connectivity index (χ3n) is 3.05. The number of carboxylic acid groups (broad SMARTS) is 1. The van der Waals surface area contributed by atoms with Crippen LogP contribution in [0.3, 0.4) is 0 Å². The summed E-state index contributed by atoms with van der Waals surface area (Å²) in [5, 5.41) is 14.3. The van der Waals surface area contributed by atoms with Gasteiger partial charge in [0.05, 0.1) is 0 Å². The van der Waals surface area contributed by atoms with E-state index in [0.29, 0.717) is 5.69 Å². The standard InChI is InChI=1S/C15H22N2O3/c1-9(2)11-7-5-6-8-12(11)16-15(20)17-13(10(3)4)14(18)19/h5-10,13H,1-4H3,(H,18,19)(H2,16,17,20)/t13-/m1/s1. The second-order valence-corrected chi connectivity index (χ2v) is 5.40. The summed E-state index contributed by atoms with van der Waals surface area (Å²) < 4.78 is 0. The summed E-state index contributed by atoms with van der Waals surface area (Å²) in [4.78, 5) is 23.0. The van der Waals surface area contributed by atoms with Crippen molar-refractivity contribution in [1.29, 1.82) is 0 Å². The van der Waals surface area contributed by atoms with Gasteiger partial charge in [-0.3, -0.25) is 0 Å². The first-order chi connectivity index (χ1) is 9.32. The fourth-order valence-electron chi connectivity index (χ4n) is 1.93. The number of aliphatic carboxylic acids is 1. The lowest BCUT2D eigenvalue weighted by atomic mass is 10.0. The predicted molar refractivity (Wildman–Crippen MR) is 78.9 cm³/mol. The maximum absolute atomic E-state index is 11.9. The molecule has 5 heteroatoms. The molecule has 2 amide bonds. The van der Waals surface area contributed by atoms with Gasteiger partial charge in [0.1, 0.15) is 6.04 Å². The first-order valence-electron chi connectivity index (χ1n) is 6.72. The number of benzene rings is 1. The molecule has 0 spiro atoms. The highest BCUT2D eigenvalue weighted by molar-refractivity contribution is 5.93. The highest BCUT2D eigenvalue weighted by atomic mass is 16.4. The molecule has 0 aliphatic rings. The molecule has 0 bridgehead atoms. The zero-order chi connectivity index (χ0) is 15.3. The van der Waals surface area contributed by atoms with Crippen molar-refractivity contribution in [2.24, 2.45) is 5.92 Å². The van der Waals surface area contributed by atoms with Gasteiger partial charge in [0, 0.05) is 5.69 Å². The average molecular weight is 278 g/mol. The normalized spacial score (nSPS) is 12.3. The molecule has 0 unspecified atom stereocenters. The second kappa shape index (κ2) is 6.93. The highest BCUT2D eigenvalue weighted by Gasteiger charge is 2.23. The van der Waals surface area contributed by atoms with Crippen LogP contribution in [-0.2, 0) is 4.79 Å². The van der Waals surface area contributed by atoms with E-state index in [1.54, 1.807) is 19.9 Å². The molecule has 1 rings (SSSR count). The Balaban J connectivity index is 2.79. The summed E-state index contributed by atoms with van der Waals surface area (Å²) in [6.45, 7) is 7.57. The number of hydrogen-bond donors (Lipinski definition) is 3. The van der Waals surface area contributed by atoms with Gasteiger partial charge in [-0.05, 0) is 23.5 Å². The fraction of sp³-hybridized carbons (Fsp3) is 0.467. The minimum Gasteiger partial charge on any atom is -0.480 e. The molecule has 5 nitrogen and oxygen atoms in total. The quantitative estimate of drug-likeness (QED) is 0.774. The molecule has 0 aliphatic carbocycles. The zero-order valence-corrected chi connectivity index (χ0v) is 12.3. The molecule has 1 atom stereocenters. The van der Waals surface area contributed by atoms with Crippen molar-refractivity contribution >= 4 is 17.7 Å². The number of hydrogen-bond acceptors (Lipinski definition) is 2. The Labute approximate surface area is 119 Å². The Kier molecular flexibility index (Phi) is 5.55. The van der Waals surface area contributed by atoms with Crippen molar-refractivity contribution in [3.63, 3.8) is 0 Å². The molecule has 3 N–H and O–H groups in total. The van der Waals surface area contributed by atoms with Gasteiger partial charge < -0.3 is 15.7 Å². The number of carboxylic acids is 1. The molecule has 1 aromatic rings. The lowest BCUT2D eigenvalue weighted by molar-refractivity contribution is -0.140. The highest BCUT2D eigenvalue weighted by Crippen LogP contribution is 2.23. The summed E-state index contributed by atoms with van der Waals surface area (Å²) >= 11 is 0. The van der Waals surface area contributed by atoms with E-state index in [1.165, 1.54) is 0 Å². The maximum atomic E-state index is 11.9. The van der Waals surface area contributed by atoms with E-state index in [2.05, 4.69) is 10.6 Å². The third kappa shape index (κ3) is 4.26. The van der Waals surface area contributed by atoms with Crippen LogP contribution >= 0.6 is 0 Å². The lowest BCUT2D eigenvalue weighted by Gasteiger charge is -2.19. The molecular weight excluding hydrogens is 256 g/mol. The molecule has 0 fully saturated rings. The van der Waals surface area contributed by atoms with Crippen LogP contribution in [0.2, 0.25) is 0 Å². The van der Waals surface area contributed by atoms with E-state index in [1.807, 2.05) is 32.0 Å². The second-order valence-electron chi connectivity index (χ2n) is 5.40. The molecule has 0 heterocycles. The van der Waals surface area contributed by atoms with Crippen LogP contribution in [0, 0.1) is 5.92 Å². The van der Waals surface area contributed by atoms with Gasteiger partial charge in [0.2, 0.25) is 0 Å². The van der Waals surface area contributed by atoms with E-state index < -0.39 is 18.0 Å². The van der Waals surface area contributed by atoms with Gasteiger partial charge in [-0.15, -0.1) is 0 Å². The van der Waals surface area contributed by atoms with Crippen LogP contribution in [0.5, 0.6) is 0 Å². The van der Waals surface area contributed by atoms with Crippen LogP contribution < -0.4 is 10.6 Å². The lowest BCUT2D eigenvalue weighted by Crippen LogP contribution is -2.46. The number of nitrogens with one attached hydrogen (secondary N) is 2. The predicted octanol–water partition coefficient (Wildman–Crippen LogP) is 3.04. The SMILES string of the molecule is CC(C)c1ccccc1NC(=O)N[C@@H](C(=O)O)C(C)C. The van der Waals surface area contributed by atoms with E-state index >= 15 is 0 Å². The van der Waals surface area contributed by atoms with Crippen LogP contribution in [-0.4, -0.2) is 23.1 Å². The van der Waals surface area contributed by atoms with Crippen molar-refractivity contribution in [1.82, 2.24) is 5.32 Å². The number of rotatable bonds is 5. The van der Waals surface area contributed by atoms with Crippen molar-refractivity contribution in [3.05, 3.63) is 29.8 Å². The van der Waals surface area contributed by atoms with Gasteiger partial charge in [-0.2, -0.15) is 0 Å². The van der Waals surface area contributed by atoms with E-state index in [9.17, 15) is 9.59 Å². The number of urea groups is 1. The Morgan fingerprint density at radius 1 is 1.10 bits per heavy atom. The van der Waals surface area contributed by atoms with Crippen LogP contribution in [0.25, 0.3) is 0 Å². The van der Waals surface area contributed by atoms with Gasteiger partial charge in [-0.25, -0.2) is 9.59 Å². The van der Waals surface area contributed by atoms with Gasteiger partial charge >= 0.3 is 12.0 Å². The van der Waals surface area contributed by atoms with Gasteiger partial charge in [-0.1, -0.05) is 45.9 Å². The molecule has 0 saturated heterocycles. The molecular formula is C15H22N2O3. The zero-order valence-electron chi connectivity index (χ0n) is 12.3. The summed E-state index contributed by atoms with van der Waals surface area (Å²) in [6.07, 6.45) is 0. The van der Waals surface area contributed by atoms with Crippen molar-refractivity contribution in [3.8, 4) is 0 Å². The number of carbonyl (C=O) groups is 2. The minimum absolute atomic E-state index is 0.182. The monoisotopic (exact) mass is 278 g/mol. The van der Waals surface area contributed by atoms with E-state index in [0.717, 1.165) is 5.56 Å². The third-order valence-corrected chi connectivity index (χ3v) is 3.05. The number of para-hydroxylation sites is 1. The Morgan fingerprint density at radius 2 is 1.70 bits per heavy atom. The first-order valence-corrected chi connectivity index (χ1v) is 6.72. The Bertz CT molecular complexity index is 484.